The molecule has 3 aliphatic heterocycles. The summed E-state index contributed by atoms with van der Waals surface area (Å²) in [5.74, 6) is 0.890. The second-order valence-corrected chi connectivity index (χ2v) is 9.37. The normalized spacial score (nSPS) is 21.9. The number of benzene rings is 1. The number of nitrogens with one attached hydrogen (secondary N) is 1. The largest absolute Gasteiger partial charge is 0.486 e. The average molecular weight is 459 g/mol. The molecule has 182 valence electrons. The number of fused-ring (bicyclic) bond motifs is 1. The molecule has 1 aromatic rings. The van der Waals surface area contributed by atoms with Crippen molar-refractivity contribution < 1.29 is 19.1 Å². The maximum Gasteiger partial charge on any atom is 0.324 e. The Morgan fingerprint density at radius 2 is 1.88 bits per heavy atom. The number of hydrogen-bond acceptors (Lipinski definition) is 5. The number of morpholine rings is 1. The number of rotatable bonds is 6. The number of hydrogen-bond donors (Lipinski definition) is 1. The summed E-state index contributed by atoms with van der Waals surface area (Å²) in [6.07, 6.45) is 3.24. The third-order valence-electron chi connectivity index (χ3n) is 6.96. The first-order valence-electron chi connectivity index (χ1n) is 12.5. The van der Waals surface area contributed by atoms with Crippen molar-refractivity contribution in [1.82, 2.24) is 15.1 Å². The first-order valence-corrected chi connectivity index (χ1v) is 12.5. The number of carbonyl (C=O) groups is 2. The van der Waals surface area contributed by atoms with Crippen molar-refractivity contribution in [2.75, 3.05) is 63.9 Å². The topological polar surface area (TPSA) is 74.4 Å². The van der Waals surface area contributed by atoms with Gasteiger partial charge in [0.2, 0.25) is 5.91 Å². The van der Waals surface area contributed by atoms with E-state index in [0.29, 0.717) is 39.0 Å². The van der Waals surface area contributed by atoms with Gasteiger partial charge in [-0.25, -0.2) is 4.79 Å². The van der Waals surface area contributed by atoms with E-state index in [-0.39, 0.29) is 24.0 Å². The van der Waals surface area contributed by atoms with Crippen LogP contribution in [0.2, 0.25) is 0 Å². The van der Waals surface area contributed by atoms with Crippen molar-refractivity contribution in [2.24, 2.45) is 5.92 Å². The SMILES string of the molecule is CC[C@@H]1CN(C(=O)N2CCC(C(=O)NCCCN3CCOCC3)CC2)c2cc(C)ccc2O1. The molecule has 0 aliphatic carbocycles. The van der Waals surface area contributed by atoms with Crippen molar-refractivity contribution >= 4 is 17.6 Å². The highest BCUT2D eigenvalue weighted by Crippen LogP contribution is 2.36. The minimum Gasteiger partial charge on any atom is -0.486 e. The van der Waals surface area contributed by atoms with Gasteiger partial charge < -0.3 is 19.7 Å². The van der Waals surface area contributed by atoms with Crippen LogP contribution in [0, 0.1) is 12.8 Å². The molecule has 2 saturated heterocycles. The van der Waals surface area contributed by atoms with E-state index in [1.807, 2.05) is 34.9 Å². The Kier molecular flexibility index (Phi) is 8.09. The van der Waals surface area contributed by atoms with Crippen LogP contribution in [-0.2, 0) is 9.53 Å². The highest BCUT2D eigenvalue weighted by atomic mass is 16.5. The van der Waals surface area contributed by atoms with Crippen molar-refractivity contribution in [1.29, 1.82) is 0 Å². The van der Waals surface area contributed by atoms with Crippen LogP contribution in [0.1, 0.15) is 38.2 Å². The van der Waals surface area contributed by atoms with Crippen LogP contribution in [0.25, 0.3) is 0 Å². The monoisotopic (exact) mass is 458 g/mol. The average Bonchev–Trinajstić information content (AvgIpc) is 2.86. The molecular weight excluding hydrogens is 420 g/mol. The molecule has 1 atom stereocenters. The van der Waals surface area contributed by atoms with E-state index in [0.717, 1.165) is 62.7 Å². The fourth-order valence-corrected chi connectivity index (χ4v) is 4.84. The van der Waals surface area contributed by atoms with Crippen molar-refractivity contribution in [3.63, 3.8) is 0 Å². The van der Waals surface area contributed by atoms with Gasteiger partial charge in [0.1, 0.15) is 11.9 Å². The lowest BCUT2D eigenvalue weighted by Gasteiger charge is -2.39. The molecule has 33 heavy (non-hydrogen) atoms. The Labute approximate surface area is 197 Å². The number of anilines is 1. The van der Waals surface area contributed by atoms with Crippen molar-refractivity contribution in [3.05, 3.63) is 23.8 Å². The molecule has 0 spiro atoms. The fourth-order valence-electron chi connectivity index (χ4n) is 4.84. The van der Waals surface area contributed by atoms with Gasteiger partial charge in [-0.05, 0) is 56.8 Å². The number of likely N-dealkylation sites (tertiary alicyclic amines) is 1. The third-order valence-corrected chi connectivity index (χ3v) is 6.96. The van der Waals surface area contributed by atoms with E-state index in [9.17, 15) is 9.59 Å². The lowest BCUT2D eigenvalue weighted by molar-refractivity contribution is -0.126. The first kappa shape index (κ1) is 23.8. The van der Waals surface area contributed by atoms with E-state index in [1.165, 1.54) is 0 Å². The Morgan fingerprint density at radius 1 is 1.12 bits per heavy atom. The highest BCUT2D eigenvalue weighted by Gasteiger charge is 2.34. The molecule has 8 heteroatoms. The standard InChI is InChI=1S/C25H38N4O4/c1-3-21-18-29(22-17-19(2)5-6-23(22)33-21)25(31)28-11-7-20(8-12-28)24(30)26-9-4-10-27-13-15-32-16-14-27/h5-6,17,20-21H,3-4,7-16,18H2,1-2H3,(H,26,30)/t21-/m1/s1. The molecule has 0 unspecified atom stereocenters. The molecule has 2 fully saturated rings. The summed E-state index contributed by atoms with van der Waals surface area (Å²) in [5, 5.41) is 3.10. The van der Waals surface area contributed by atoms with E-state index in [2.05, 4.69) is 17.1 Å². The van der Waals surface area contributed by atoms with Crippen LogP contribution in [0.5, 0.6) is 5.75 Å². The molecule has 0 radical (unpaired) electrons. The van der Waals surface area contributed by atoms with Gasteiger partial charge in [0.25, 0.3) is 0 Å². The van der Waals surface area contributed by atoms with Crippen LogP contribution < -0.4 is 15.0 Å². The number of aryl methyl sites for hydroxylation is 1. The van der Waals surface area contributed by atoms with E-state index in [1.54, 1.807) is 0 Å². The summed E-state index contributed by atoms with van der Waals surface area (Å²) in [6, 6.07) is 6.02. The molecule has 0 aromatic heterocycles. The van der Waals surface area contributed by atoms with Crippen LogP contribution in [0.3, 0.4) is 0 Å². The smallest absolute Gasteiger partial charge is 0.324 e. The zero-order chi connectivity index (χ0) is 23.2. The Bertz CT molecular complexity index is 819. The summed E-state index contributed by atoms with van der Waals surface area (Å²) in [4.78, 5) is 32.2. The summed E-state index contributed by atoms with van der Waals surface area (Å²) in [5.41, 5.74) is 1.96. The summed E-state index contributed by atoms with van der Waals surface area (Å²) < 4.78 is 11.4. The molecular formula is C25H38N4O4. The van der Waals surface area contributed by atoms with Gasteiger partial charge in [-0.1, -0.05) is 13.0 Å². The molecule has 4 rings (SSSR count). The number of piperidine rings is 1. The van der Waals surface area contributed by atoms with Gasteiger partial charge in [-0.2, -0.15) is 0 Å². The molecule has 3 aliphatic rings. The molecule has 8 nitrogen and oxygen atoms in total. The molecule has 0 saturated carbocycles. The first-order chi connectivity index (χ1) is 16.0. The van der Waals surface area contributed by atoms with E-state index in [4.69, 9.17) is 9.47 Å². The van der Waals surface area contributed by atoms with Gasteiger partial charge in [0.15, 0.2) is 0 Å². The number of ether oxygens (including phenoxy) is 2. The van der Waals surface area contributed by atoms with Gasteiger partial charge in [-0.15, -0.1) is 0 Å². The Morgan fingerprint density at radius 3 is 2.61 bits per heavy atom. The van der Waals surface area contributed by atoms with E-state index < -0.39 is 0 Å². The fraction of sp³-hybridized carbons (Fsp3) is 0.680. The zero-order valence-corrected chi connectivity index (χ0v) is 20.1. The number of carbonyl (C=O) groups excluding carboxylic acids is 2. The maximum absolute atomic E-state index is 13.4. The number of amides is 3. The molecule has 3 heterocycles. The number of urea groups is 1. The number of nitrogens with zero attached hydrogens (tertiary/aromatic N) is 3. The zero-order valence-electron chi connectivity index (χ0n) is 20.1. The lowest BCUT2D eigenvalue weighted by atomic mass is 9.96. The van der Waals surface area contributed by atoms with Crippen LogP contribution in [0.15, 0.2) is 18.2 Å². The lowest BCUT2D eigenvalue weighted by Crippen LogP contribution is -2.52. The minimum atomic E-state index is -0.0138. The van der Waals surface area contributed by atoms with Gasteiger partial charge in [-0.3, -0.25) is 14.6 Å². The summed E-state index contributed by atoms with van der Waals surface area (Å²) in [6.45, 7) is 11.2. The Balaban J connectivity index is 1.25. The van der Waals surface area contributed by atoms with Gasteiger partial charge in [0.05, 0.1) is 25.4 Å². The Hall–Kier alpha value is -2.32. The molecule has 1 N–H and O–H groups in total. The second-order valence-electron chi connectivity index (χ2n) is 9.37. The van der Waals surface area contributed by atoms with Crippen LogP contribution in [-0.4, -0.2) is 86.9 Å². The molecule has 1 aromatic carbocycles. The summed E-state index contributed by atoms with van der Waals surface area (Å²) >= 11 is 0. The van der Waals surface area contributed by atoms with Gasteiger partial charge >= 0.3 is 6.03 Å². The third kappa shape index (κ3) is 5.98. The highest BCUT2D eigenvalue weighted by molar-refractivity contribution is 5.94. The molecule has 3 amide bonds. The quantitative estimate of drug-likeness (QED) is 0.664. The van der Waals surface area contributed by atoms with Crippen LogP contribution in [0.4, 0.5) is 10.5 Å². The molecule has 0 bridgehead atoms. The van der Waals surface area contributed by atoms with Gasteiger partial charge in [0, 0.05) is 38.6 Å². The summed E-state index contributed by atoms with van der Waals surface area (Å²) in [7, 11) is 0. The second kappa shape index (κ2) is 11.2. The van der Waals surface area contributed by atoms with Crippen molar-refractivity contribution in [3.8, 4) is 5.75 Å². The van der Waals surface area contributed by atoms with Crippen LogP contribution >= 0.6 is 0 Å². The van der Waals surface area contributed by atoms with Crippen molar-refractivity contribution in [2.45, 2.75) is 45.6 Å². The van der Waals surface area contributed by atoms with E-state index >= 15 is 0 Å². The predicted octanol–water partition coefficient (Wildman–Crippen LogP) is 2.64. The predicted molar refractivity (Wildman–Crippen MR) is 128 cm³/mol. The minimum absolute atomic E-state index is 0.00457. The maximum atomic E-state index is 13.4.